The Kier molecular flexibility index (Phi) is 3.89. The number of nitrogens with one attached hydrogen (secondary N) is 2. The number of aromatic nitrogens is 2. The number of fused-ring (bicyclic) bond motifs is 1. The first kappa shape index (κ1) is 16.2. The summed E-state index contributed by atoms with van der Waals surface area (Å²) in [6.45, 7) is 1.80. The fraction of sp³-hybridized carbons (Fsp3) is 0.0556. The molecule has 0 aliphatic heterocycles. The Hall–Kier alpha value is -3.26. The Morgan fingerprint density at radius 3 is 2.69 bits per heavy atom. The van der Waals surface area contributed by atoms with Gasteiger partial charge in [-0.3, -0.25) is 14.3 Å². The van der Waals surface area contributed by atoms with E-state index in [1.54, 1.807) is 37.3 Å². The molecule has 0 radical (unpaired) electrons. The van der Waals surface area contributed by atoms with Crippen LogP contribution in [0.5, 0.6) is 0 Å². The van der Waals surface area contributed by atoms with Crippen LogP contribution in [0.4, 0.5) is 10.1 Å². The van der Waals surface area contributed by atoms with Gasteiger partial charge in [-0.2, -0.15) is 0 Å². The monoisotopic (exact) mass is 369 g/mol. The maximum atomic E-state index is 13.4. The molecule has 0 fully saturated rings. The Labute approximate surface area is 150 Å². The van der Waals surface area contributed by atoms with Crippen molar-refractivity contribution >= 4 is 33.0 Å². The second-order valence-corrected chi connectivity index (χ2v) is 6.72. The lowest BCUT2D eigenvalue weighted by molar-refractivity contribution is 0.103. The van der Waals surface area contributed by atoms with Gasteiger partial charge >= 0.3 is 5.76 Å². The second-order valence-electron chi connectivity index (χ2n) is 5.67. The first-order valence-electron chi connectivity index (χ1n) is 7.68. The third-order valence-corrected chi connectivity index (χ3v) is 5.23. The summed E-state index contributed by atoms with van der Waals surface area (Å²) in [4.78, 5) is 26.6. The summed E-state index contributed by atoms with van der Waals surface area (Å²) in [6.07, 6.45) is 0. The molecule has 26 heavy (non-hydrogen) atoms. The van der Waals surface area contributed by atoms with Crippen molar-refractivity contribution in [3.8, 4) is 11.4 Å². The van der Waals surface area contributed by atoms with Crippen LogP contribution < -0.4 is 11.1 Å². The van der Waals surface area contributed by atoms with Crippen molar-refractivity contribution in [1.29, 1.82) is 0 Å². The molecule has 0 aliphatic rings. The zero-order valence-electron chi connectivity index (χ0n) is 13.5. The third-order valence-electron chi connectivity index (χ3n) is 3.96. The normalized spacial score (nSPS) is 11.0. The zero-order valence-corrected chi connectivity index (χ0v) is 14.3. The number of rotatable bonds is 3. The summed E-state index contributed by atoms with van der Waals surface area (Å²) in [5, 5.41) is 7.17. The summed E-state index contributed by atoms with van der Waals surface area (Å²) >= 11 is 1.32. The SMILES string of the molecule is Cc1c(C(=O)Nc2ccc(-c3noc(=O)[nH]3)cc2)sc2ccc(F)cc12. The highest BCUT2D eigenvalue weighted by Gasteiger charge is 2.16. The summed E-state index contributed by atoms with van der Waals surface area (Å²) in [5.41, 5.74) is 1.99. The maximum absolute atomic E-state index is 13.4. The lowest BCUT2D eigenvalue weighted by Crippen LogP contribution is -2.11. The molecule has 2 N–H and O–H groups in total. The Balaban J connectivity index is 1.58. The molecule has 2 aromatic heterocycles. The van der Waals surface area contributed by atoms with Crippen LogP contribution in [0.3, 0.4) is 0 Å². The lowest BCUT2D eigenvalue weighted by Gasteiger charge is -2.05. The number of halogens is 1. The quantitative estimate of drug-likeness (QED) is 0.572. The van der Waals surface area contributed by atoms with Crippen LogP contribution in [0, 0.1) is 12.7 Å². The predicted octanol–water partition coefficient (Wildman–Crippen LogP) is 3.94. The minimum Gasteiger partial charge on any atom is -0.321 e. The van der Waals surface area contributed by atoms with Crippen molar-refractivity contribution in [3.63, 3.8) is 0 Å². The van der Waals surface area contributed by atoms with Gasteiger partial charge in [0.25, 0.3) is 5.91 Å². The third kappa shape index (κ3) is 2.91. The van der Waals surface area contributed by atoms with Crippen LogP contribution in [-0.4, -0.2) is 16.0 Å². The highest BCUT2D eigenvalue weighted by Crippen LogP contribution is 2.32. The van der Waals surface area contributed by atoms with E-state index in [0.717, 1.165) is 15.6 Å². The molecule has 0 unspecified atom stereocenters. The number of aromatic amines is 1. The molecule has 6 nitrogen and oxygen atoms in total. The standard InChI is InChI=1S/C18H12FN3O3S/c1-9-13-8-11(19)4-7-14(13)26-15(9)17(23)20-12-5-2-10(3-6-12)16-21-18(24)25-22-16/h2-8H,1H3,(H,20,23)(H,21,22,24). The Morgan fingerprint density at radius 1 is 1.23 bits per heavy atom. The van der Waals surface area contributed by atoms with Crippen LogP contribution in [0.1, 0.15) is 15.2 Å². The number of hydrogen-bond donors (Lipinski definition) is 2. The zero-order chi connectivity index (χ0) is 18.3. The van der Waals surface area contributed by atoms with E-state index < -0.39 is 5.76 Å². The van der Waals surface area contributed by atoms with Gasteiger partial charge in [0.1, 0.15) is 5.82 Å². The second kappa shape index (κ2) is 6.23. The van der Waals surface area contributed by atoms with E-state index in [2.05, 4.69) is 20.0 Å². The van der Waals surface area contributed by atoms with Crippen LogP contribution in [0.15, 0.2) is 51.8 Å². The van der Waals surface area contributed by atoms with Gasteiger partial charge in [0.2, 0.25) is 0 Å². The fourth-order valence-corrected chi connectivity index (χ4v) is 3.75. The molecule has 4 rings (SSSR count). The average molecular weight is 369 g/mol. The van der Waals surface area contributed by atoms with Crippen molar-refractivity contribution in [3.05, 3.63) is 69.3 Å². The van der Waals surface area contributed by atoms with Crippen molar-refractivity contribution in [2.45, 2.75) is 6.92 Å². The highest BCUT2D eigenvalue weighted by molar-refractivity contribution is 7.21. The number of amides is 1. The summed E-state index contributed by atoms with van der Waals surface area (Å²) < 4.78 is 18.7. The topological polar surface area (TPSA) is 88.0 Å². The molecular formula is C18H12FN3O3S. The summed E-state index contributed by atoms with van der Waals surface area (Å²) in [7, 11) is 0. The number of thiophene rings is 1. The van der Waals surface area contributed by atoms with Gasteiger partial charge in [-0.1, -0.05) is 5.16 Å². The molecule has 4 aromatic rings. The molecule has 0 atom stereocenters. The highest BCUT2D eigenvalue weighted by atomic mass is 32.1. The molecule has 2 heterocycles. The molecule has 0 saturated heterocycles. The van der Waals surface area contributed by atoms with E-state index in [-0.39, 0.29) is 11.7 Å². The van der Waals surface area contributed by atoms with Gasteiger partial charge < -0.3 is 5.32 Å². The number of aryl methyl sites for hydroxylation is 1. The van der Waals surface area contributed by atoms with Gasteiger partial charge in [-0.25, -0.2) is 9.18 Å². The largest absolute Gasteiger partial charge is 0.439 e. The van der Waals surface area contributed by atoms with Gasteiger partial charge in [-0.05, 0) is 60.3 Å². The van der Waals surface area contributed by atoms with Crippen molar-refractivity contribution in [1.82, 2.24) is 10.1 Å². The molecule has 1 amide bonds. The predicted molar refractivity (Wildman–Crippen MR) is 97.0 cm³/mol. The van der Waals surface area contributed by atoms with Crippen LogP contribution in [0.25, 0.3) is 21.5 Å². The van der Waals surface area contributed by atoms with Gasteiger partial charge in [0.05, 0.1) is 4.88 Å². The molecule has 2 aromatic carbocycles. The molecule has 0 saturated carbocycles. The average Bonchev–Trinajstić information content (AvgIpc) is 3.20. The fourth-order valence-electron chi connectivity index (χ4n) is 2.66. The van der Waals surface area contributed by atoms with Gasteiger partial charge in [0, 0.05) is 16.0 Å². The number of benzene rings is 2. The van der Waals surface area contributed by atoms with Gasteiger partial charge in [0.15, 0.2) is 5.82 Å². The van der Waals surface area contributed by atoms with Crippen LogP contribution in [0.2, 0.25) is 0 Å². The molecule has 0 aliphatic carbocycles. The van der Waals surface area contributed by atoms with Crippen LogP contribution in [-0.2, 0) is 0 Å². The summed E-state index contributed by atoms with van der Waals surface area (Å²) in [5.74, 6) is -0.900. The van der Waals surface area contributed by atoms with E-state index in [0.29, 0.717) is 22.0 Å². The lowest BCUT2D eigenvalue weighted by atomic mass is 10.1. The van der Waals surface area contributed by atoms with Crippen molar-refractivity contribution in [2.24, 2.45) is 0 Å². The van der Waals surface area contributed by atoms with E-state index >= 15 is 0 Å². The number of hydrogen-bond acceptors (Lipinski definition) is 5. The molecule has 8 heteroatoms. The number of H-pyrrole nitrogens is 1. The van der Waals surface area contributed by atoms with E-state index in [9.17, 15) is 14.0 Å². The Morgan fingerprint density at radius 2 is 2.00 bits per heavy atom. The first-order valence-corrected chi connectivity index (χ1v) is 8.49. The number of nitrogens with zero attached hydrogens (tertiary/aromatic N) is 1. The number of carbonyl (C=O) groups excluding carboxylic acids is 1. The molecule has 0 spiro atoms. The molecular weight excluding hydrogens is 357 g/mol. The first-order chi connectivity index (χ1) is 12.5. The number of carbonyl (C=O) groups is 1. The van der Waals surface area contributed by atoms with Crippen molar-refractivity contribution in [2.75, 3.05) is 5.32 Å². The van der Waals surface area contributed by atoms with E-state index in [1.807, 2.05) is 0 Å². The smallest absolute Gasteiger partial charge is 0.321 e. The maximum Gasteiger partial charge on any atom is 0.439 e. The van der Waals surface area contributed by atoms with Crippen LogP contribution >= 0.6 is 11.3 Å². The van der Waals surface area contributed by atoms with Gasteiger partial charge in [-0.15, -0.1) is 11.3 Å². The number of anilines is 1. The van der Waals surface area contributed by atoms with E-state index in [1.165, 1.54) is 23.5 Å². The minimum absolute atomic E-state index is 0.258. The Bertz CT molecular complexity index is 1170. The van der Waals surface area contributed by atoms with Crippen molar-refractivity contribution < 1.29 is 13.7 Å². The van der Waals surface area contributed by atoms with E-state index in [4.69, 9.17) is 0 Å². The minimum atomic E-state index is -0.631. The molecule has 0 bridgehead atoms. The molecule has 130 valence electrons. The summed E-state index contributed by atoms with van der Waals surface area (Å²) in [6, 6.07) is 11.3.